The highest BCUT2D eigenvalue weighted by Crippen LogP contribution is 2.27. The van der Waals surface area contributed by atoms with Crippen LogP contribution in [0, 0.1) is 5.92 Å². The number of hydrogen-bond acceptors (Lipinski definition) is 3. The number of benzene rings is 1. The third kappa shape index (κ3) is 3.24. The third-order valence-electron chi connectivity index (χ3n) is 4.48. The van der Waals surface area contributed by atoms with Crippen molar-refractivity contribution in [2.24, 2.45) is 5.92 Å². The topological polar surface area (TPSA) is 35.5 Å². The Morgan fingerprint density at radius 1 is 1.23 bits per heavy atom. The Labute approximate surface area is 131 Å². The maximum absolute atomic E-state index is 11.8. The fraction of sp³-hybridized carbons (Fsp3) is 0.421. The van der Waals surface area contributed by atoms with E-state index >= 15 is 0 Å². The summed E-state index contributed by atoms with van der Waals surface area (Å²) in [5.41, 5.74) is 3.84. The van der Waals surface area contributed by atoms with Gasteiger partial charge in [0.05, 0.1) is 13.0 Å². The summed E-state index contributed by atoms with van der Waals surface area (Å²) >= 11 is 0. The van der Waals surface area contributed by atoms with Gasteiger partial charge < -0.3 is 9.47 Å². The van der Waals surface area contributed by atoms with Gasteiger partial charge in [0.25, 0.3) is 0 Å². The molecular weight excluding hydrogens is 276 g/mol. The molecule has 0 aliphatic heterocycles. The minimum atomic E-state index is -0.215. The van der Waals surface area contributed by atoms with Crippen molar-refractivity contribution in [2.45, 2.75) is 32.1 Å². The molecule has 1 atom stereocenters. The SMILES string of the molecule is COC(=O)C1CC=CC=C1COc1ccc2c(c1)CCCC2. The van der Waals surface area contributed by atoms with Crippen molar-refractivity contribution >= 4 is 5.97 Å². The number of aryl methyl sites for hydroxylation is 2. The Balaban J connectivity index is 1.67. The molecule has 1 aromatic carbocycles. The summed E-state index contributed by atoms with van der Waals surface area (Å²) in [6.07, 6.45) is 11.5. The molecule has 0 spiro atoms. The number of allylic oxidation sites excluding steroid dienone is 3. The minimum Gasteiger partial charge on any atom is -0.489 e. The second-order valence-electron chi connectivity index (χ2n) is 5.91. The predicted molar refractivity (Wildman–Crippen MR) is 85.9 cm³/mol. The molecule has 1 unspecified atom stereocenters. The van der Waals surface area contributed by atoms with Crippen molar-refractivity contribution in [3.05, 3.63) is 53.1 Å². The summed E-state index contributed by atoms with van der Waals surface area (Å²) in [5.74, 6) is 0.483. The van der Waals surface area contributed by atoms with E-state index in [9.17, 15) is 4.79 Å². The first-order valence-corrected chi connectivity index (χ1v) is 7.96. The average Bonchev–Trinajstić information content (AvgIpc) is 2.59. The van der Waals surface area contributed by atoms with E-state index in [-0.39, 0.29) is 11.9 Å². The zero-order valence-corrected chi connectivity index (χ0v) is 13.0. The minimum absolute atomic E-state index is 0.190. The number of fused-ring (bicyclic) bond motifs is 1. The number of carbonyl (C=O) groups excluding carboxylic acids is 1. The Bertz CT molecular complexity index is 613. The molecule has 0 saturated carbocycles. The lowest BCUT2D eigenvalue weighted by Gasteiger charge is -2.21. The summed E-state index contributed by atoms with van der Waals surface area (Å²) in [7, 11) is 1.43. The standard InChI is InChI=1S/C19H22O3/c1-21-19(20)18-9-5-4-8-16(18)13-22-17-11-10-14-6-2-3-7-15(14)12-17/h4-5,8,10-12,18H,2-3,6-7,9,13H2,1H3. The largest absolute Gasteiger partial charge is 0.489 e. The summed E-state index contributed by atoms with van der Waals surface area (Å²) in [6, 6.07) is 6.37. The van der Waals surface area contributed by atoms with Gasteiger partial charge in [0.1, 0.15) is 12.4 Å². The molecule has 0 radical (unpaired) electrons. The van der Waals surface area contributed by atoms with Crippen LogP contribution in [0.25, 0.3) is 0 Å². The smallest absolute Gasteiger partial charge is 0.313 e. The van der Waals surface area contributed by atoms with Crippen molar-refractivity contribution < 1.29 is 14.3 Å². The molecule has 0 heterocycles. The molecular formula is C19H22O3. The Kier molecular flexibility index (Phi) is 4.62. The fourth-order valence-electron chi connectivity index (χ4n) is 3.18. The zero-order chi connectivity index (χ0) is 15.4. The van der Waals surface area contributed by atoms with E-state index in [2.05, 4.69) is 12.1 Å². The van der Waals surface area contributed by atoms with Gasteiger partial charge in [-0.15, -0.1) is 0 Å². The van der Waals surface area contributed by atoms with Crippen LogP contribution in [-0.4, -0.2) is 19.7 Å². The maximum atomic E-state index is 11.8. The van der Waals surface area contributed by atoms with Crippen molar-refractivity contribution in [3.63, 3.8) is 0 Å². The molecule has 3 nitrogen and oxygen atoms in total. The molecule has 0 aromatic heterocycles. The lowest BCUT2D eigenvalue weighted by Crippen LogP contribution is -2.22. The van der Waals surface area contributed by atoms with Gasteiger partial charge in [0.2, 0.25) is 0 Å². The highest BCUT2D eigenvalue weighted by molar-refractivity contribution is 5.76. The normalized spacial score (nSPS) is 20.0. The molecule has 0 amide bonds. The Morgan fingerprint density at radius 3 is 2.86 bits per heavy atom. The lowest BCUT2D eigenvalue weighted by molar-refractivity contribution is -0.144. The number of hydrogen-bond donors (Lipinski definition) is 0. The zero-order valence-electron chi connectivity index (χ0n) is 13.0. The number of ether oxygens (including phenoxy) is 2. The van der Waals surface area contributed by atoms with Crippen LogP contribution in [0.15, 0.2) is 42.0 Å². The van der Waals surface area contributed by atoms with Crippen molar-refractivity contribution in [3.8, 4) is 5.75 Å². The first-order valence-electron chi connectivity index (χ1n) is 7.96. The van der Waals surface area contributed by atoms with E-state index in [4.69, 9.17) is 9.47 Å². The number of rotatable bonds is 4. The molecule has 22 heavy (non-hydrogen) atoms. The highest BCUT2D eigenvalue weighted by atomic mass is 16.5. The van der Waals surface area contributed by atoms with Gasteiger partial charge in [-0.25, -0.2) is 0 Å². The molecule has 1 aromatic rings. The first-order chi connectivity index (χ1) is 10.8. The van der Waals surface area contributed by atoms with Gasteiger partial charge in [0.15, 0.2) is 0 Å². The van der Waals surface area contributed by atoms with Crippen LogP contribution in [0.5, 0.6) is 5.75 Å². The van der Waals surface area contributed by atoms with Gasteiger partial charge in [-0.1, -0.05) is 24.3 Å². The molecule has 3 heteroatoms. The second-order valence-corrected chi connectivity index (χ2v) is 5.91. The predicted octanol–water partition coefficient (Wildman–Crippen LogP) is 3.62. The van der Waals surface area contributed by atoms with E-state index in [1.54, 1.807) is 0 Å². The van der Waals surface area contributed by atoms with Gasteiger partial charge in [0, 0.05) is 0 Å². The second kappa shape index (κ2) is 6.82. The van der Waals surface area contributed by atoms with Crippen LogP contribution in [-0.2, 0) is 22.4 Å². The summed E-state index contributed by atoms with van der Waals surface area (Å²) < 4.78 is 10.8. The number of esters is 1. The molecule has 2 aliphatic rings. The maximum Gasteiger partial charge on any atom is 0.313 e. The number of methoxy groups -OCH3 is 1. The molecule has 3 rings (SSSR count). The van der Waals surface area contributed by atoms with Gasteiger partial charge in [-0.2, -0.15) is 0 Å². The summed E-state index contributed by atoms with van der Waals surface area (Å²) in [5, 5.41) is 0. The van der Waals surface area contributed by atoms with Gasteiger partial charge in [-0.05, 0) is 60.9 Å². The molecule has 0 bridgehead atoms. The van der Waals surface area contributed by atoms with E-state index in [1.165, 1.54) is 37.5 Å². The average molecular weight is 298 g/mol. The van der Waals surface area contributed by atoms with E-state index in [0.29, 0.717) is 13.0 Å². The third-order valence-corrected chi connectivity index (χ3v) is 4.48. The summed E-state index contributed by atoms with van der Waals surface area (Å²) in [4.78, 5) is 11.8. The van der Waals surface area contributed by atoms with E-state index in [0.717, 1.165) is 17.7 Å². The monoisotopic (exact) mass is 298 g/mol. The lowest BCUT2D eigenvalue weighted by atomic mass is 9.91. The van der Waals surface area contributed by atoms with Crippen LogP contribution in [0.4, 0.5) is 0 Å². The van der Waals surface area contributed by atoms with Gasteiger partial charge in [-0.3, -0.25) is 4.79 Å². The molecule has 0 fully saturated rings. The van der Waals surface area contributed by atoms with Gasteiger partial charge >= 0.3 is 5.97 Å². The molecule has 116 valence electrons. The molecule has 0 N–H and O–H groups in total. The van der Waals surface area contributed by atoms with Crippen LogP contribution >= 0.6 is 0 Å². The number of carbonyl (C=O) groups is 1. The Morgan fingerprint density at radius 2 is 2.05 bits per heavy atom. The quantitative estimate of drug-likeness (QED) is 0.796. The first kappa shape index (κ1) is 14.9. The molecule has 0 saturated heterocycles. The van der Waals surface area contributed by atoms with Crippen molar-refractivity contribution in [1.82, 2.24) is 0 Å². The molecule has 2 aliphatic carbocycles. The van der Waals surface area contributed by atoms with Crippen LogP contribution < -0.4 is 4.74 Å². The van der Waals surface area contributed by atoms with E-state index in [1.807, 2.05) is 24.3 Å². The summed E-state index contributed by atoms with van der Waals surface area (Å²) in [6.45, 7) is 0.433. The van der Waals surface area contributed by atoms with E-state index < -0.39 is 0 Å². The van der Waals surface area contributed by atoms with Crippen LogP contribution in [0.2, 0.25) is 0 Å². The van der Waals surface area contributed by atoms with Crippen LogP contribution in [0.1, 0.15) is 30.4 Å². The van der Waals surface area contributed by atoms with Crippen molar-refractivity contribution in [2.75, 3.05) is 13.7 Å². The highest BCUT2D eigenvalue weighted by Gasteiger charge is 2.24. The Hall–Kier alpha value is -2.03. The van der Waals surface area contributed by atoms with Crippen molar-refractivity contribution in [1.29, 1.82) is 0 Å². The van der Waals surface area contributed by atoms with Crippen LogP contribution in [0.3, 0.4) is 0 Å². The fourth-order valence-corrected chi connectivity index (χ4v) is 3.18.